The van der Waals surface area contributed by atoms with E-state index in [0.717, 1.165) is 21.6 Å². The van der Waals surface area contributed by atoms with Crippen LogP contribution in [0.3, 0.4) is 0 Å². The number of anilines is 2. The highest BCUT2D eigenvalue weighted by atomic mass is 32.2. The normalized spacial score (nSPS) is 11.6. The first kappa shape index (κ1) is 19.7. The van der Waals surface area contributed by atoms with Gasteiger partial charge >= 0.3 is 5.69 Å². The molecule has 3 rings (SSSR count). The summed E-state index contributed by atoms with van der Waals surface area (Å²) in [5, 5.41) is 2.71. The van der Waals surface area contributed by atoms with E-state index < -0.39 is 15.9 Å². The van der Waals surface area contributed by atoms with Crippen LogP contribution in [-0.2, 0) is 28.9 Å². The van der Waals surface area contributed by atoms with Crippen molar-refractivity contribution in [1.82, 2.24) is 9.13 Å². The fourth-order valence-electron chi connectivity index (χ4n) is 3.14. The number of amides is 1. The Balaban J connectivity index is 1.88. The molecule has 28 heavy (non-hydrogen) atoms. The molecule has 0 aliphatic rings. The number of nitrogens with zero attached hydrogens (tertiary/aromatic N) is 3. The molecule has 9 heteroatoms. The number of sulfonamides is 1. The molecule has 0 fully saturated rings. The van der Waals surface area contributed by atoms with Gasteiger partial charge in [0.2, 0.25) is 15.9 Å². The summed E-state index contributed by atoms with van der Waals surface area (Å²) >= 11 is 0. The van der Waals surface area contributed by atoms with Crippen molar-refractivity contribution in [2.45, 2.75) is 6.92 Å². The van der Waals surface area contributed by atoms with Crippen LogP contribution in [0.25, 0.3) is 11.0 Å². The number of imidazole rings is 1. The van der Waals surface area contributed by atoms with Crippen molar-refractivity contribution in [3.05, 3.63) is 58.5 Å². The van der Waals surface area contributed by atoms with Crippen molar-refractivity contribution in [1.29, 1.82) is 0 Å². The van der Waals surface area contributed by atoms with Gasteiger partial charge in [-0.15, -0.1) is 0 Å². The molecule has 0 radical (unpaired) electrons. The van der Waals surface area contributed by atoms with E-state index in [1.165, 1.54) is 9.13 Å². The van der Waals surface area contributed by atoms with Crippen LogP contribution in [0.5, 0.6) is 0 Å². The molecule has 0 spiro atoms. The summed E-state index contributed by atoms with van der Waals surface area (Å²) in [5.74, 6) is -0.478. The van der Waals surface area contributed by atoms with Crippen LogP contribution in [0.15, 0.2) is 47.3 Å². The monoisotopic (exact) mass is 402 g/mol. The lowest BCUT2D eigenvalue weighted by Gasteiger charge is -2.23. The van der Waals surface area contributed by atoms with Crippen LogP contribution < -0.4 is 15.3 Å². The highest BCUT2D eigenvalue weighted by molar-refractivity contribution is 7.92. The van der Waals surface area contributed by atoms with Crippen LogP contribution in [0.1, 0.15) is 5.56 Å². The summed E-state index contributed by atoms with van der Waals surface area (Å²) in [7, 11) is -0.319. The molecule has 2 aromatic carbocycles. The SMILES string of the molecule is Cc1ccccc1N(CC(=O)Nc1ccc2c(c1)n(C)c(=O)n2C)S(C)(=O)=O. The van der Waals surface area contributed by atoms with Crippen LogP contribution in [0.4, 0.5) is 11.4 Å². The number of nitrogens with one attached hydrogen (secondary N) is 1. The smallest absolute Gasteiger partial charge is 0.324 e. The fourth-order valence-corrected chi connectivity index (χ4v) is 4.05. The van der Waals surface area contributed by atoms with Crippen LogP contribution in [0.2, 0.25) is 0 Å². The molecule has 1 N–H and O–H groups in total. The molecule has 0 bridgehead atoms. The standard InChI is InChI=1S/C19H22N4O4S/c1-13-7-5-6-8-15(13)23(28(4,26)27)12-18(24)20-14-9-10-16-17(11-14)22(3)19(25)21(16)2/h5-11H,12H2,1-4H3,(H,20,24). The highest BCUT2D eigenvalue weighted by Crippen LogP contribution is 2.22. The fraction of sp³-hybridized carbons (Fsp3) is 0.263. The van der Waals surface area contributed by atoms with E-state index in [1.807, 2.05) is 0 Å². The van der Waals surface area contributed by atoms with Crippen molar-refractivity contribution in [3.8, 4) is 0 Å². The summed E-state index contributed by atoms with van der Waals surface area (Å²) in [4.78, 5) is 24.6. The summed E-state index contributed by atoms with van der Waals surface area (Å²) in [6.07, 6.45) is 1.07. The minimum absolute atomic E-state index is 0.165. The number of carbonyl (C=O) groups excluding carboxylic acids is 1. The van der Waals surface area contributed by atoms with Crippen molar-refractivity contribution >= 4 is 38.3 Å². The van der Waals surface area contributed by atoms with Gasteiger partial charge in [-0.25, -0.2) is 13.2 Å². The Morgan fingerprint density at radius 1 is 1.07 bits per heavy atom. The van der Waals surface area contributed by atoms with E-state index in [4.69, 9.17) is 0 Å². The van der Waals surface area contributed by atoms with Gasteiger partial charge in [0.1, 0.15) is 6.54 Å². The minimum atomic E-state index is -3.65. The number of hydrogen-bond donors (Lipinski definition) is 1. The molecule has 1 amide bonds. The third-order valence-electron chi connectivity index (χ3n) is 4.63. The summed E-state index contributed by atoms with van der Waals surface area (Å²) < 4.78 is 28.6. The van der Waals surface area contributed by atoms with Gasteiger partial charge < -0.3 is 5.32 Å². The number of benzene rings is 2. The third kappa shape index (κ3) is 3.65. The van der Waals surface area contributed by atoms with Gasteiger partial charge in [-0.3, -0.25) is 18.2 Å². The Hall–Kier alpha value is -3.07. The molecule has 0 saturated carbocycles. The maximum atomic E-state index is 12.6. The number of carbonyl (C=O) groups is 1. The second-order valence-corrected chi connectivity index (χ2v) is 8.62. The first-order valence-corrected chi connectivity index (χ1v) is 10.4. The van der Waals surface area contributed by atoms with Crippen LogP contribution >= 0.6 is 0 Å². The van der Waals surface area contributed by atoms with Crippen molar-refractivity contribution in [2.24, 2.45) is 14.1 Å². The first-order valence-electron chi connectivity index (χ1n) is 8.58. The second kappa shape index (κ2) is 7.16. The maximum absolute atomic E-state index is 12.6. The van der Waals surface area contributed by atoms with Gasteiger partial charge in [0.25, 0.3) is 0 Å². The zero-order valence-electron chi connectivity index (χ0n) is 16.1. The number of fused-ring (bicyclic) bond motifs is 1. The largest absolute Gasteiger partial charge is 0.328 e. The van der Waals surface area contributed by atoms with Crippen molar-refractivity contribution in [3.63, 3.8) is 0 Å². The van der Waals surface area contributed by atoms with E-state index in [9.17, 15) is 18.0 Å². The second-order valence-electron chi connectivity index (χ2n) is 6.71. The van der Waals surface area contributed by atoms with E-state index in [2.05, 4.69) is 5.32 Å². The number of aryl methyl sites for hydroxylation is 3. The minimum Gasteiger partial charge on any atom is -0.324 e. The lowest BCUT2D eigenvalue weighted by atomic mass is 10.2. The van der Waals surface area contributed by atoms with Crippen LogP contribution in [-0.4, -0.2) is 36.3 Å². The molecule has 148 valence electrons. The average molecular weight is 402 g/mol. The number of aromatic nitrogens is 2. The Morgan fingerprint density at radius 2 is 1.71 bits per heavy atom. The molecule has 0 saturated heterocycles. The van der Waals surface area contributed by atoms with Gasteiger partial charge in [0.05, 0.1) is 23.0 Å². The van der Waals surface area contributed by atoms with E-state index in [1.54, 1.807) is 63.5 Å². The molecule has 0 unspecified atom stereocenters. The predicted octanol–water partition coefficient (Wildman–Crippen LogP) is 1.59. The van der Waals surface area contributed by atoms with E-state index >= 15 is 0 Å². The number of hydrogen-bond acceptors (Lipinski definition) is 4. The predicted molar refractivity (Wildman–Crippen MR) is 110 cm³/mol. The summed E-state index contributed by atoms with van der Waals surface area (Å²) in [6.45, 7) is 1.44. The van der Waals surface area contributed by atoms with E-state index in [0.29, 0.717) is 16.9 Å². The lowest BCUT2D eigenvalue weighted by molar-refractivity contribution is -0.114. The van der Waals surface area contributed by atoms with Crippen LogP contribution in [0, 0.1) is 6.92 Å². The molecule has 0 aliphatic heterocycles. The summed E-state index contributed by atoms with van der Waals surface area (Å²) in [5.41, 5.74) is 2.94. The molecule has 0 aliphatic carbocycles. The summed E-state index contributed by atoms with van der Waals surface area (Å²) in [6, 6.07) is 12.1. The zero-order chi connectivity index (χ0) is 20.6. The topological polar surface area (TPSA) is 93.4 Å². The van der Waals surface area contributed by atoms with Crippen molar-refractivity contribution in [2.75, 3.05) is 22.4 Å². The Labute approximate surface area is 163 Å². The first-order chi connectivity index (χ1) is 13.1. The molecule has 1 aromatic heterocycles. The average Bonchev–Trinajstić information content (AvgIpc) is 2.84. The lowest BCUT2D eigenvalue weighted by Crippen LogP contribution is -2.37. The van der Waals surface area contributed by atoms with E-state index in [-0.39, 0.29) is 12.2 Å². The molecule has 3 aromatic rings. The quantitative estimate of drug-likeness (QED) is 0.701. The molecular weight excluding hydrogens is 380 g/mol. The van der Waals surface area contributed by atoms with Gasteiger partial charge in [-0.2, -0.15) is 0 Å². The zero-order valence-corrected chi connectivity index (χ0v) is 16.9. The van der Waals surface area contributed by atoms with Gasteiger partial charge in [0, 0.05) is 19.8 Å². The Morgan fingerprint density at radius 3 is 2.36 bits per heavy atom. The maximum Gasteiger partial charge on any atom is 0.328 e. The van der Waals surface area contributed by atoms with Crippen molar-refractivity contribution < 1.29 is 13.2 Å². The Kier molecular flexibility index (Phi) is 5.03. The Bertz CT molecular complexity index is 1220. The number of rotatable bonds is 5. The number of para-hydroxylation sites is 1. The highest BCUT2D eigenvalue weighted by Gasteiger charge is 2.22. The molecular formula is C19H22N4O4S. The molecule has 8 nitrogen and oxygen atoms in total. The van der Waals surface area contributed by atoms with Gasteiger partial charge in [-0.05, 0) is 36.8 Å². The van der Waals surface area contributed by atoms with Gasteiger partial charge in [0.15, 0.2) is 0 Å². The third-order valence-corrected chi connectivity index (χ3v) is 5.75. The molecule has 1 heterocycles. The molecule has 0 atom stereocenters. The van der Waals surface area contributed by atoms with Gasteiger partial charge in [-0.1, -0.05) is 18.2 Å².